The predicted octanol–water partition coefficient (Wildman–Crippen LogP) is 0.698. The first-order valence-corrected chi connectivity index (χ1v) is 5.67. The summed E-state index contributed by atoms with van der Waals surface area (Å²) in [4.78, 5) is 32.5. The number of hydrogen-bond donors (Lipinski definition) is 4. The number of amides is 2. The van der Waals surface area contributed by atoms with Gasteiger partial charge in [-0.15, -0.1) is 0 Å². The van der Waals surface area contributed by atoms with Crippen LogP contribution in [0.25, 0.3) is 0 Å². The molecule has 20 heavy (non-hydrogen) atoms. The molecule has 1 unspecified atom stereocenters. The SMILES string of the molecule is O=C(O)CCC(NC(=O)NC1(C(F)(F)F)CC1)C(=O)O. The largest absolute Gasteiger partial charge is 0.481 e. The fraction of sp³-hybridized carbons (Fsp3) is 0.700. The molecule has 0 bridgehead atoms. The number of nitrogens with one attached hydrogen (secondary N) is 2. The maximum absolute atomic E-state index is 12.6. The maximum atomic E-state index is 12.6. The van der Waals surface area contributed by atoms with E-state index in [9.17, 15) is 27.6 Å². The molecular weight excluding hydrogens is 285 g/mol. The van der Waals surface area contributed by atoms with Crippen molar-refractivity contribution in [1.82, 2.24) is 10.6 Å². The van der Waals surface area contributed by atoms with Gasteiger partial charge in [-0.3, -0.25) is 4.79 Å². The van der Waals surface area contributed by atoms with Gasteiger partial charge in [0, 0.05) is 6.42 Å². The Balaban J connectivity index is 2.55. The van der Waals surface area contributed by atoms with Gasteiger partial charge in [0.15, 0.2) is 0 Å². The van der Waals surface area contributed by atoms with Crippen LogP contribution in [-0.2, 0) is 9.59 Å². The molecule has 1 rings (SSSR count). The molecule has 4 N–H and O–H groups in total. The number of halogens is 3. The van der Waals surface area contributed by atoms with Crippen molar-refractivity contribution in [3.05, 3.63) is 0 Å². The number of carboxylic acids is 2. The Morgan fingerprint density at radius 1 is 1.20 bits per heavy atom. The van der Waals surface area contributed by atoms with E-state index in [1.165, 1.54) is 0 Å². The molecule has 7 nitrogen and oxygen atoms in total. The molecule has 0 aromatic heterocycles. The van der Waals surface area contributed by atoms with Crippen LogP contribution in [0.2, 0.25) is 0 Å². The molecule has 10 heteroatoms. The predicted molar refractivity (Wildman–Crippen MR) is 58.0 cm³/mol. The summed E-state index contributed by atoms with van der Waals surface area (Å²) >= 11 is 0. The second-order valence-electron chi connectivity index (χ2n) is 4.50. The number of urea groups is 1. The van der Waals surface area contributed by atoms with E-state index in [2.05, 4.69) is 0 Å². The van der Waals surface area contributed by atoms with E-state index >= 15 is 0 Å². The van der Waals surface area contributed by atoms with Crippen LogP contribution in [0.5, 0.6) is 0 Å². The van der Waals surface area contributed by atoms with Crippen LogP contribution in [0.1, 0.15) is 25.7 Å². The van der Waals surface area contributed by atoms with Crippen molar-refractivity contribution in [1.29, 1.82) is 0 Å². The van der Waals surface area contributed by atoms with Crippen molar-refractivity contribution in [3.8, 4) is 0 Å². The van der Waals surface area contributed by atoms with Crippen LogP contribution in [0.3, 0.4) is 0 Å². The van der Waals surface area contributed by atoms with Crippen molar-refractivity contribution in [2.45, 2.75) is 43.4 Å². The lowest BCUT2D eigenvalue weighted by Gasteiger charge is -2.22. The Bertz CT molecular complexity index is 420. The van der Waals surface area contributed by atoms with Gasteiger partial charge < -0.3 is 20.8 Å². The molecule has 2 amide bonds. The Hall–Kier alpha value is -2.00. The number of carboxylic acid groups (broad SMARTS) is 2. The third-order valence-electron chi connectivity index (χ3n) is 2.90. The summed E-state index contributed by atoms with van der Waals surface area (Å²) in [5.74, 6) is -2.79. The summed E-state index contributed by atoms with van der Waals surface area (Å²) in [6.07, 6.45) is -6.09. The normalized spacial score (nSPS) is 17.9. The first kappa shape index (κ1) is 16.1. The highest BCUT2D eigenvalue weighted by Gasteiger charge is 2.64. The van der Waals surface area contributed by atoms with Gasteiger partial charge in [0.25, 0.3) is 0 Å². The first-order chi connectivity index (χ1) is 9.07. The molecule has 1 saturated carbocycles. The molecule has 1 atom stereocenters. The van der Waals surface area contributed by atoms with Gasteiger partial charge in [-0.1, -0.05) is 0 Å². The van der Waals surface area contributed by atoms with Gasteiger partial charge in [-0.2, -0.15) is 13.2 Å². The number of alkyl halides is 3. The molecule has 114 valence electrons. The Labute approximate surface area is 111 Å². The highest BCUT2D eigenvalue weighted by atomic mass is 19.4. The lowest BCUT2D eigenvalue weighted by Crippen LogP contribution is -2.54. The summed E-state index contributed by atoms with van der Waals surface area (Å²) in [7, 11) is 0. The molecule has 0 aliphatic heterocycles. The Morgan fingerprint density at radius 2 is 1.75 bits per heavy atom. The van der Waals surface area contributed by atoms with Gasteiger partial charge in [0.05, 0.1) is 0 Å². The molecular formula is C10H13F3N2O5. The number of rotatable bonds is 6. The third-order valence-corrected chi connectivity index (χ3v) is 2.90. The second-order valence-corrected chi connectivity index (χ2v) is 4.50. The zero-order chi connectivity index (χ0) is 15.6. The van der Waals surface area contributed by atoms with E-state index in [4.69, 9.17) is 10.2 Å². The zero-order valence-corrected chi connectivity index (χ0v) is 10.2. The minimum absolute atomic E-state index is 0.267. The molecule has 1 aliphatic carbocycles. The molecule has 0 heterocycles. The van der Waals surface area contributed by atoms with Gasteiger partial charge in [0.1, 0.15) is 11.6 Å². The summed E-state index contributed by atoms with van der Waals surface area (Å²) in [6, 6.07) is -2.84. The minimum atomic E-state index is -4.61. The quantitative estimate of drug-likeness (QED) is 0.576. The number of aliphatic carboxylic acids is 2. The van der Waals surface area contributed by atoms with Crippen LogP contribution in [0.15, 0.2) is 0 Å². The Morgan fingerprint density at radius 3 is 2.10 bits per heavy atom. The van der Waals surface area contributed by atoms with E-state index < -0.39 is 48.6 Å². The molecule has 0 spiro atoms. The van der Waals surface area contributed by atoms with Crippen molar-refractivity contribution in [2.24, 2.45) is 0 Å². The maximum Gasteiger partial charge on any atom is 0.411 e. The minimum Gasteiger partial charge on any atom is -0.481 e. The fourth-order valence-corrected chi connectivity index (χ4v) is 1.54. The average molecular weight is 298 g/mol. The molecule has 0 aromatic rings. The smallest absolute Gasteiger partial charge is 0.411 e. The zero-order valence-electron chi connectivity index (χ0n) is 10.2. The summed E-state index contributed by atoms with van der Waals surface area (Å²) in [5.41, 5.74) is -2.30. The van der Waals surface area contributed by atoms with Crippen LogP contribution < -0.4 is 10.6 Å². The fourth-order valence-electron chi connectivity index (χ4n) is 1.54. The van der Waals surface area contributed by atoms with Gasteiger partial charge >= 0.3 is 24.1 Å². The highest BCUT2D eigenvalue weighted by Crippen LogP contribution is 2.48. The standard InChI is InChI=1S/C10H13F3N2O5/c11-10(12,13)9(3-4-9)15-8(20)14-5(7(18)19)1-2-6(16)17/h5H,1-4H2,(H,16,17)(H,18,19)(H2,14,15,20). The first-order valence-electron chi connectivity index (χ1n) is 5.67. The van der Waals surface area contributed by atoms with Gasteiger partial charge in [-0.05, 0) is 19.3 Å². The van der Waals surface area contributed by atoms with E-state index in [1.807, 2.05) is 5.32 Å². The van der Waals surface area contributed by atoms with Crippen molar-refractivity contribution >= 4 is 18.0 Å². The lowest BCUT2D eigenvalue weighted by atomic mass is 10.1. The van der Waals surface area contributed by atoms with Crippen LogP contribution in [-0.4, -0.2) is 45.9 Å². The average Bonchev–Trinajstić information content (AvgIpc) is 3.03. The second kappa shape index (κ2) is 5.55. The number of carbonyl (C=O) groups excluding carboxylic acids is 1. The van der Waals surface area contributed by atoms with E-state index in [-0.39, 0.29) is 12.8 Å². The van der Waals surface area contributed by atoms with Gasteiger partial charge in [0.2, 0.25) is 0 Å². The topological polar surface area (TPSA) is 116 Å². The highest BCUT2D eigenvalue weighted by molar-refractivity contribution is 5.83. The van der Waals surface area contributed by atoms with Crippen LogP contribution in [0, 0.1) is 0 Å². The van der Waals surface area contributed by atoms with Gasteiger partial charge in [-0.25, -0.2) is 9.59 Å². The van der Waals surface area contributed by atoms with Crippen LogP contribution in [0.4, 0.5) is 18.0 Å². The molecule has 0 aromatic carbocycles. The number of carbonyl (C=O) groups is 3. The van der Waals surface area contributed by atoms with Crippen molar-refractivity contribution in [3.63, 3.8) is 0 Å². The third kappa shape index (κ3) is 4.00. The van der Waals surface area contributed by atoms with Crippen LogP contribution >= 0.6 is 0 Å². The lowest BCUT2D eigenvalue weighted by molar-refractivity contribution is -0.162. The van der Waals surface area contributed by atoms with Crippen molar-refractivity contribution in [2.75, 3.05) is 0 Å². The Kier molecular flexibility index (Phi) is 4.46. The molecule has 1 fully saturated rings. The van der Waals surface area contributed by atoms with E-state index in [0.717, 1.165) is 0 Å². The monoisotopic (exact) mass is 298 g/mol. The van der Waals surface area contributed by atoms with Crippen molar-refractivity contribution < 1.29 is 37.8 Å². The summed E-state index contributed by atoms with van der Waals surface area (Å²) in [5, 5.41) is 20.7. The molecule has 1 aliphatic rings. The molecule has 0 saturated heterocycles. The van der Waals surface area contributed by atoms with E-state index in [1.54, 1.807) is 5.32 Å². The summed E-state index contributed by atoms with van der Waals surface area (Å²) < 4.78 is 37.7. The molecule has 0 radical (unpaired) electrons. The summed E-state index contributed by atoms with van der Waals surface area (Å²) in [6.45, 7) is 0. The number of hydrogen-bond acceptors (Lipinski definition) is 3. The van der Waals surface area contributed by atoms with E-state index in [0.29, 0.717) is 0 Å².